The normalized spacial score (nSPS) is 11.9. The Hall–Kier alpha value is -2.90. The lowest BCUT2D eigenvalue weighted by Gasteiger charge is -2.15. The van der Waals surface area contributed by atoms with E-state index in [9.17, 15) is 4.79 Å². The van der Waals surface area contributed by atoms with E-state index in [0.717, 1.165) is 23.0 Å². The lowest BCUT2D eigenvalue weighted by molar-refractivity contribution is -0.119. The van der Waals surface area contributed by atoms with Crippen molar-refractivity contribution in [3.8, 4) is 11.1 Å². The molecule has 0 aliphatic rings. The van der Waals surface area contributed by atoms with Crippen LogP contribution >= 0.6 is 23.1 Å². The van der Waals surface area contributed by atoms with E-state index in [1.54, 1.807) is 11.3 Å². The van der Waals surface area contributed by atoms with Gasteiger partial charge in [0.1, 0.15) is 5.82 Å². The van der Waals surface area contributed by atoms with Gasteiger partial charge in [-0.15, -0.1) is 21.5 Å². The molecule has 1 N–H and O–H groups in total. The molecule has 0 saturated heterocycles. The van der Waals surface area contributed by atoms with Gasteiger partial charge in [0.05, 0.1) is 11.8 Å². The molecular weight excluding hydrogens is 424 g/mol. The second kappa shape index (κ2) is 9.94. The third-order valence-electron chi connectivity index (χ3n) is 5.07. The summed E-state index contributed by atoms with van der Waals surface area (Å²) in [5.74, 6) is 1.18. The van der Waals surface area contributed by atoms with E-state index in [-0.39, 0.29) is 11.9 Å². The summed E-state index contributed by atoms with van der Waals surface area (Å²) >= 11 is 3.11. The van der Waals surface area contributed by atoms with Crippen LogP contribution in [0.4, 0.5) is 0 Å². The van der Waals surface area contributed by atoms with Crippen molar-refractivity contribution in [2.45, 2.75) is 24.5 Å². The summed E-state index contributed by atoms with van der Waals surface area (Å²) in [6.45, 7) is 2.00. The Morgan fingerprint density at radius 1 is 1.03 bits per heavy atom. The first-order valence-electron chi connectivity index (χ1n) is 10.1. The first kappa shape index (κ1) is 21.3. The van der Waals surface area contributed by atoms with Gasteiger partial charge in [0.2, 0.25) is 5.91 Å². The third-order valence-corrected chi connectivity index (χ3v) is 6.96. The van der Waals surface area contributed by atoms with Crippen LogP contribution in [0.1, 0.15) is 29.2 Å². The molecule has 0 fully saturated rings. The first-order chi connectivity index (χ1) is 15.1. The molecule has 0 aliphatic heterocycles. The van der Waals surface area contributed by atoms with Gasteiger partial charge in [-0.3, -0.25) is 4.79 Å². The monoisotopic (exact) mass is 448 g/mol. The Bertz CT molecular complexity index is 1120. The maximum Gasteiger partial charge on any atom is 0.230 e. The van der Waals surface area contributed by atoms with E-state index < -0.39 is 0 Å². The predicted octanol–water partition coefficient (Wildman–Crippen LogP) is 5.10. The maximum atomic E-state index is 12.5. The van der Waals surface area contributed by atoms with Crippen molar-refractivity contribution < 1.29 is 4.79 Å². The topological polar surface area (TPSA) is 59.8 Å². The highest BCUT2D eigenvalue weighted by Crippen LogP contribution is 2.22. The fraction of sp³-hybridized carbons (Fsp3) is 0.208. The van der Waals surface area contributed by atoms with Crippen molar-refractivity contribution in [2.75, 3.05) is 5.75 Å². The number of nitrogens with zero attached hydrogens (tertiary/aromatic N) is 3. The van der Waals surface area contributed by atoms with E-state index in [4.69, 9.17) is 0 Å². The van der Waals surface area contributed by atoms with Crippen LogP contribution in [0.2, 0.25) is 0 Å². The third kappa shape index (κ3) is 5.42. The van der Waals surface area contributed by atoms with Gasteiger partial charge in [-0.1, -0.05) is 72.4 Å². The van der Waals surface area contributed by atoms with Crippen molar-refractivity contribution in [2.24, 2.45) is 7.05 Å². The molecule has 0 spiro atoms. The molecule has 0 unspecified atom stereocenters. The van der Waals surface area contributed by atoms with Gasteiger partial charge in [0.15, 0.2) is 5.16 Å². The molecule has 2 aromatic carbocycles. The number of nitrogens with one attached hydrogen (secondary N) is 1. The molecule has 4 aromatic rings. The first-order valence-corrected chi connectivity index (χ1v) is 11.9. The Kier molecular flexibility index (Phi) is 6.84. The van der Waals surface area contributed by atoms with E-state index in [1.807, 2.05) is 42.8 Å². The van der Waals surface area contributed by atoms with E-state index >= 15 is 0 Å². The average molecular weight is 449 g/mol. The van der Waals surface area contributed by atoms with Crippen LogP contribution in [0, 0.1) is 0 Å². The van der Waals surface area contributed by atoms with Crippen LogP contribution in [-0.2, 0) is 18.3 Å². The number of amides is 1. The fourth-order valence-electron chi connectivity index (χ4n) is 3.29. The minimum atomic E-state index is -0.0631. The summed E-state index contributed by atoms with van der Waals surface area (Å²) in [6.07, 6.45) is 0.754. The number of aromatic nitrogens is 3. The summed E-state index contributed by atoms with van der Waals surface area (Å²) in [4.78, 5) is 13.7. The molecule has 1 amide bonds. The molecule has 0 saturated carbocycles. The lowest BCUT2D eigenvalue weighted by atomic mass is 10.0. The average Bonchev–Trinajstić information content (AvgIpc) is 3.43. The van der Waals surface area contributed by atoms with Crippen LogP contribution in [0.5, 0.6) is 0 Å². The van der Waals surface area contributed by atoms with E-state index in [1.165, 1.54) is 27.8 Å². The van der Waals surface area contributed by atoms with Gasteiger partial charge >= 0.3 is 0 Å². The SMILES string of the molecule is C[C@@H](NC(=O)CSc1nnc(Cc2cccs2)n1C)c1ccc(-c2ccccc2)cc1. The number of carbonyl (C=O) groups excluding carboxylic acids is 1. The number of hydrogen-bond acceptors (Lipinski definition) is 5. The predicted molar refractivity (Wildman–Crippen MR) is 127 cm³/mol. The van der Waals surface area contributed by atoms with Crippen LogP contribution in [0.15, 0.2) is 77.3 Å². The van der Waals surface area contributed by atoms with Gasteiger partial charge in [-0.25, -0.2) is 0 Å². The number of rotatable bonds is 8. The van der Waals surface area contributed by atoms with Crippen molar-refractivity contribution in [1.29, 1.82) is 0 Å². The highest BCUT2D eigenvalue weighted by Gasteiger charge is 2.14. The number of benzene rings is 2. The van der Waals surface area contributed by atoms with Gasteiger partial charge in [-0.05, 0) is 35.1 Å². The lowest BCUT2D eigenvalue weighted by Crippen LogP contribution is -2.28. The minimum absolute atomic E-state index is 0.0209. The molecule has 4 rings (SSSR count). The molecule has 7 heteroatoms. The summed E-state index contributed by atoms with van der Waals surface area (Å²) in [6, 6.07) is 22.7. The zero-order valence-corrected chi connectivity index (χ0v) is 19.1. The molecular formula is C24H24N4OS2. The molecule has 0 radical (unpaired) electrons. The van der Waals surface area contributed by atoms with Crippen LogP contribution < -0.4 is 5.32 Å². The molecule has 0 aliphatic carbocycles. The number of thioether (sulfide) groups is 1. The molecule has 5 nitrogen and oxygen atoms in total. The van der Waals surface area contributed by atoms with Gasteiger partial charge in [0, 0.05) is 18.3 Å². The van der Waals surface area contributed by atoms with Crippen LogP contribution in [-0.4, -0.2) is 26.4 Å². The van der Waals surface area contributed by atoms with Crippen molar-refractivity contribution >= 4 is 29.0 Å². The second-order valence-corrected chi connectivity index (χ2v) is 9.25. The van der Waals surface area contributed by atoms with Crippen molar-refractivity contribution in [1.82, 2.24) is 20.1 Å². The zero-order valence-electron chi connectivity index (χ0n) is 17.5. The summed E-state index contributed by atoms with van der Waals surface area (Å²) < 4.78 is 1.96. The molecule has 1 atom stereocenters. The van der Waals surface area contributed by atoms with Gasteiger partial charge in [0.25, 0.3) is 0 Å². The quantitative estimate of drug-likeness (QED) is 0.381. The maximum absolute atomic E-state index is 12.5. The van der Waals surface area contributed by atoms with Gasteiger partial charge < -0.3 is 9.88 Å². The fourth-order valence-corrected chi connectivity index (χ4v) is 4.73. The smallest absolute Gasteiger partial charge is 0.230 e. The number of thiophene rings is 1. The summed E-state index contributed by atoms with van der Waals surface area (Å²) in [5.41, 5.74) is 3.43. The highest BCUT2D eigenvalue weighted by atomic mass is 32.2. The standard InChI is InChI=1S/C24H24N4OS2/c1-17(18-10-12-20(13-11-18)19-7-4-3-5-8-19)25-23(29)16-31-24-27-26-22(28(24)2)15-21-9-6-14-30-21/h3-14,17H,15-16H2,1-2H3,(H,25,29)/t17-/m1/s1. The Morgan fingerprint density at radius 3 is 2.48 bits per heavy atom. The Balaban J connectivity index is 1.30. The summed E-state index contributed by atoms with van der Waals surface area (Å²) in [7, 11) is 1.94. The Morgan fingerprint density at radius 2 is 1.77 bits per heavy atom. The van der Waals surface area contributed by atoms with Crippen LogP contribution in [0.25, 0.3) is 11.1 Å². The second-order valence-electron chi connectivity index (χ2n) is 7.28. The van der Waals surface area contributed by atoms with Crippen molar-refractivity contribution in [3.63, 3.8) is 0 Å². The van der Waals surface area contributed by atoms with Gasteiger partial charge in [-0.2, -0.15) is 0 Å². The molecule has 2 heterocycles. The van der Waals surface area contributed by atoms with E-state index in [0.29, 0.717) is 5.75 Å². The summed E-state index contributed by atoms with van der Waals surface area (Å²) in [5, 5.41) is 14.4. The van der Waals surface area contributed by atoms with E-state index in [2.05, 4.69) is 63.4 Å². The Labute approximate surface area is 190 Å². The zero-order chi connectivity index (χ0) is 21.6. The molecule has 31 heavy (non-hydrogen) atoms. The number of hydrogen-bond donors (Lipinski definition) is 1. The minimum Gasteiger partial charge on any atom is -0.349 e. The molecule has 0 bridgehead atoms. The number of carbonyl (C=O) groups is 1. The molecule has 2 aromatic heterocycles. The molecule has 158 valence electrons. The van der Waals surface area contributed by atoms with Crippen LogP contribution in [0.3, 0.4) is 0 Å². The van der Waals surface area contributed by atoms with Crippen molar-refractivity contribution in [3.05, 3.63) is 88.4 Å². The largest absolute Gasteiger partial charge is 0.349 e. The highest BCUT2D eigenvalue weighted by molar-refractivity contribution is 7.99.